The highest BCUT2D eigenvalue weighted by Gasteiger charge is 2.38. The van der Waals surface area contributed by atoms with Gasteiger partial charge in [0.2, 0.25) is 0 Å². The number of hydrogen-bond acceptors (Lipinski definition) is 2. The standard InChI is InChI=1S/C17H25NO2/c1-5-6-8-13-11-14-9-7-10-15(12-13)18(14)16(19)20-17(2,3)4/h1,11,14-15H,6-10,12H2,2-4H3. The minimum absolute atomic E-state index is 0.167. The van der Waals surface area contributed by atoms with Crippen molar-refractivity contribution < 1.29 is 9.53 Å². The maximum atomic E-state index is 12.4. The molecule has 0 spiro atoms. The van der Waals surface area contributed by atoms with Gasteiger partial charge in [-0.1, -0.05) is 11.6 Å². The van der Waals surface area contributed by atoms with Crippen molar-refractivity contribution in [1.29, 1.82) is 0 Å². The summed E-state index contributed by atoms with van der Waals surface area (Å²) in [5.41, 5.74) is 0.983. The molecule has 0 aromatic carbocycles. The first-order chi connectivity index (χ1) is 9.40. The lowest BCUT2D eigenvalue weighted by Crippen LogP contribution is -2.53. The van der Waals surface area contributed by atoms with Crippen LogP contribution < -0.4 is 0 Å². The Kier molecular flexibility index (Phi) is 4.42. The van der Waals surface area contributed by atoms with Crippen molar-refractivity contribution in [3.05, 3.63) is 11.6 Å². The van der Waals surface area contributed by atoms with Gasteiger partial charge < -0.3 is 4.74 Å². The van der Waals surface area contributed by atoms with Gasteiger partial charge in [0, 0.05) is 12.5 Å². The van der Waals surface area contributed by atoms with E-state index in [9.17, 15) is 4.79 Å². The fourth-order valence-electron chi connectivity index (χ4n) is 3.14. The SMILES string of the molecule is C#CCCC1=CC2CCCC(C1)N2C(=O)OC(C)(C)C. The summed E-state index contributed by atoms with van der Waals surface area (Å²) in [7, 11) is 0. The van der Waals surface area contributed by atoms with E-state index in [0.29, 0.717) is 6.04 Å². The third kappa shape index (κ3) is 3.56. The monoisotopic (exact) mass is 275 g/mol. The van der Waals surface area contributed by atoms with Gasteiger partial charge in [-0.05, 0) is 52.9 Å². The number of piperidine rings is 1. The summed E-state index contributed by atoms with van der Waals surface area (Å²) in [5, 5.41) is 0. The highest BCUT2D eigenvalue weighted by atomic mass is 16.6. The summed E-state index contributed by atoms with van der Waals surface area (Å²) in [6.07, 6.45) is 13.4. The van der Waals surface area contributed by atoms with Crippen molar-refractivity contribution in [2.75, 3.05) is 0 Å². The molecular weight excluding hydrogens is 250 g/mol. The van der Waals surface area contributed by atoms with Gasteiger partial charge in [-0.3, -0.25) is 4.90 Å². The Balaban J connectivity index is 2.10. The largest absolute Gasteiger partial charge is 0.444 e. The Morgan fingerprint density at radius 1 is 1.50 bits per heavy atom. The van der Waals surface area contributed by atoms with E-state index in [1.54, 1.807) is 0 Å². The van der Waals surface area contributed by atoms with E-state index in [0.717, 1.165) is 32.1 Å². The molecule has 0 aromatic rings. The summed E-state index contributed by atoms with van der Waals surface area (Å²) in [4.78, 5) is 14.3. The lowest BCUT2D eigenvalue weighted by molar-refractivity contribution is -0.00156. The topological polar surface area (TPSA) is 29.5 Å². The summed E-state index contributed by atoms with van der Waals surface area (Å²) in [5.74, 6) is 2.70. The van der Waals surface area contributed by atoms with E-state index in [1.165, 1.54) is 12.0 Å². The van der Waals surface area contributed by atoms with Gasteiger partial charge in [0.1, 0.15) is 5.60 Å². The van der Waals surface area contributed by atoms with Crippen molar-refractivity contribution in [3.63, 3.8) is 0 Å². The van der Waals surface area contributed by atoms with Crippen LogP contribution >= 0.6 is 0 Å². The molecule has 20 heavy (non-hydrogen) atoms. The fourth-order valence-corrected chi connectivity index (χ4v) is 3.14. The Labute approximate surface area is 122 Å². The van der Waals surface area contributed by atoms with E-state index in [-0.39, 0.29) is 12.1 Å². The zero-order valence-electron chi connectivity index (χ0n) is 12.8. The molecule has 1 saturated heterocycles. The molecular formula is C17H25NO2. The number of carbonyl (C=O) groups excluding carboxylic acids is 1. The molecule has 2 heterocycles. The Morgan fingerprint density at radius 3 is 2.85 bits per heavy atom. The molecule has 0 aliphatic carbocycles. The quantitative estimate of drug-likeness (QED) is 0.565. The van der Waals surface area contributed by atoms with E-state index < -0.39 is 5.60 Å². The lowest BCUT2D eigenvalue weighted by Gasteiger charge is -2.45. The average Bonchev–Trinajstić information content (AvgIpc) is 2.32. The number of carbonyl (C=O) groups is 1. The van der Waals surface area contributed by atoms with Crippen LogP contribution in [-0.4, -0.2) is 28.7 Å². The maximum Gasteiger partial charge on any atom is 0.411 e. The molecule has 2 bridgehead atoms. The molecule has 2 rings (SSSR count). The molecule has 2 unspecified atom stereocenters. The number of terminal acetylenes is 1. The lowest BCUT2D eigenvalue weighted by atomic mass is 9.84. The zero-order valence-corrected chi connectivity index (χ0v) is 12.8. The Morgan fingerprint density at radius 2 is 2.25 bits per heavy atom. The summed E-state index contributed by atoms with van der Waals surface area (Å²) in [6, 6.07) is 0.492. The fraction of sp³-hybridized carbons (Fsp3) is 0.706. The predicted octanol–water partition coefficient (Wildman–Crippen LogP) is 3.89. The smallest absolute Gasteiger partial charge is 0.411 e. The van der Waals surface area contributed by atoms with Crippen LogP contribution in [0.3, 0.4) is 0 Å². The zero-order chi connectivity index (χ0) is 14.8. The number of amides is 1. The molecule has 0 aromatic heterocycles. The van der Waals surface area contributed by atoms with Crippen LogP contribution in [0.2, 0.25) is 0 Å². The second-order valence-corrected chi connectivity index (χ2v) is 6.77. The number of rotatable bonds is 2. The molecule has 3 nitrogen and oxygen atoms in total. The molecule has 0 N–H and O–H groups in total. The van der Waals surface area contributed by atoms with E-state index in [4.69, 9.17) is 11.2 Å². The first-order valence-electron chi connectivity index (χ1n) is 7.55. The number of ether oxygens (including phenoxy) is 1. The molecule has 2 aliphatic heterocycles. The third-order valence-electron chi connectivity index (χ3n) is 3.91. The molecule has 110 valence electrons. The second-order valence-electron chi connectivity index (χ2n) is 6.77. The van der Waals surface area contributed by atoms with Crippen molar-refractivity contribution in [1.82, 2.24) is 4.90 Å². The van der Waals surface area contributed by atoms with Crippen molar-refractivity contribution in [2.45, 2.75) is 77.0 Å². The Bertz CT molecular complexity index is 439. The number of hydrogen-bond donors (Lipinski definition) is 0. The molecule has 1 amide bonds. The van der Waals surface area contributed by atoms with Gasteiger partial charge >= 0.3 is 6.09 Å². The minimum atomic E-state index is -0.432. The molecule has 2 atom stereocenters. The van der Waals surface area contributed by atoms with Crippen LogP contribution in [-0.2, 0) is 4.74 Å². The van der Waals surface area contributed by atoms with E-state index >= 15 is 0 Å². The van der Waals surface area contributed by atoms with Crippen LogP contribution in [0.1, 0.15) is 59.3 Å². The number of fused-ring (bicyclic) bond motifs is 2. The normalized spacial score (nSPS) is 25.7. The Hall–Kier alpha value is -1.43. The highest BCUT2D eigenvalue weighted by molar-refractivity contribution is 5.70. The molecule has 3 heteroatoms. The van der Waals surface area contributed by atoms with Crippen LogP contribution in [0.15, 0.2) is 11.6 Å². The van der Waals surface area contributed by atoms with Gasteiger partial charge in [0.05, 0.1) is 6.04 Å². The van der Waals surface area contributed by atoms with Crippen molar-refractivity contribution >= 4 is 6.09 Å². The van der Waals surface area contributed by atoms with Gasteiger partial charge in [0.25, 0.3) is 0 Å². The van der Waals surface area contributed by atoms with Gasteiger partial charge in [-0.2, -0.15) is 0 Å². The van der Waals surface area contributed by atoms with Crippen LogP contribution in [0.25, 0.3) is 0 Å². The minimum Gasteiger partial charge on any atom is -0.444 e. The van der Waals surface area contributed by atoms with Crippen molar-refractivity contribution in [3.8, 4) is 12.3 Å². The molecule has 1 fully saturated rings. The van der Waals surface area contributed by atoms with Gasteiger partial charge in [0.15, 0.2) is 0 Å². The number of nitrogens with zero attached hydrogens (tertiary/aromatic N) is 1. The molecule has 2 aliphatic rings. The maximum absolute atomic E-state index is 12.4. The summed E-state index contributed by atoms with van der Waals surface area (Å²) >= 11 is 0. The molecule has 0 saturated carbocycles. The van der Waals surface area contributed by atoms with E-state index in [2.05, 4.69) is 12.0 Å². The van der Waals surface area contributed by atoms with Crippen LogP contribution in [0, 0.1) is 12.3 Å². The predicted molar refractivity (Wildman–Crippen MR) is 80.3 cm³/mol. The van der Waals surface area contributed by atoms with Crippen molar-refractivity contribution in [2.24, 2.45) is 0 Å². The van der Waals surface area contributed by atoms with E-state index in [1.807, 2.05) is 25.7 Å². The first kappa shape index (κ1) is 15.0. The van der Waals surface area contributed by atoms with Crippen LogP contribution in [0.5, 0.6) is 0 Å². The molecule has 0 radical (unpaired) electrons. The second kappa shape index (κ2) is 5.91. The first-order valence-corrected chi connectivity index (χ1v) is 7.55. The average molecular weight is 275 g/mol. The van der Waals surface area contributed by atoms with Gasteiger partial charge in [-0.15, -0.1) is 12.3 Å². The summed E-state index contributed by atoms with van der Waals surface area (Å²) in [6.45, 7) is 5.75. The summed E-state index contributed by atoms with van der Waals surface area (Å²) < 4.78 is 5.56. The highest BCUT2D eigenvalue weighted by Crippen LogP contribution is 2.35. The van der Waals surface area contributed by atoms with Crippen LogP contribution in [0.4, 0.5) is 4.79 Å². The third-order valence-corrected chi connectivity index (χ3v) is 3.91. The van der Waals surface area contributed by atoms with Gasteiger partial charge in [-0.25, -0.2) is 4.79 Å².